The molecule has 0 bridgehead atoms. The number of aliphatic hydroxyl groups is 1. The highest BCUT2D eigenvalue weighted by Crippen LogP contribution is 2.32. The number of anilines is 2. The molecule has 6 heteroatoms. The number of nitrogens with zero attached hydrogens (tertiary/aromatic N) is 2. The Morgan fingerprint density at radius 2 is 2.05 bits per heavy atom. The Hall–Kier alpha value is -1.40. The number of thiophene rings is 1. The summed E-state index contributed by atoms with van der Waals surface area (Å²) in [5.41, 5.74) is 0.0326. The van der Waals surface area contributed by atoms with Gasteiger partial charge >= 0.3 is 0 Å². The minimum atomic E-state index is 0.0326. The summed E-state index contributed by atoms with van der Waals surface area (Å²) in [6.45, 7) is 8.72. The zero-order valence-corrected chi connectivity index (χ0v) is 14.1. The second-order valence-electron chi connectivity index (χ2n) is 6.30. The highest BCUT2D eigenvalue weighted by atomic mass is 32.1. The van der Waals surface area contributed by atoms with E-state index in [0.717, 1.165) is 16.0 Å². The number of aryl methyl sites for hydroxylation is 1. The first-order chi connectivity index (χ1) is 9.85. The Morgan fingerprint density at radius 1 is 1.33 bits per heavy atom. The monoisotopic (exact) mass is 308 g/mol. The second kappa shape index (κ2) is 6.15. The fraction of sp³-hybridized carbons (Fsp3) is 0.600. The van der Waals surface area contributed by atoms with Crippen LogP contribution in [0.1, 0.15) is 32.1 Å². The first kappa shape index (κ1) is 16.0. The van der Waals surface area contributed by atoms with E-state index in [-0.39, 0.29) is 18.1 Å². The van der Waals surface area contributed by atoms with Gasteiger partial charge in [0, 0.05) is 24.6 Å². The molecule has 0 saturated carbocycles. The van der Waals surface area contributed by atoms with Gasteiger partial charge in [0.05, 0.1) is 5.39 Å². The van der Waals surface area contributed by atoms with Gasteiger partial charge in [-0.1, -0.05) is 20.8 Å². The lowest BCUT2D eigenvalue weighted by atomic mass is 9.85. The fourth-order valence-corrected chi connectivity index (χ4v) is 3.16. The highest BCUT2D eigenvalue weighted by Gasteiger charge is 2.25. The van der Waals surface area contributed by atoms with E-state index >= 15 is 0 Å². The van der Waals surface area contributed by atoms with E-state index in [1.54, 1.807) is 11.3 Å². The lowest BCUT2D eigenvalue weighted by Gasteiger charge is -2.31. The fourth-order valence-electron chi connectivity index (χ4n) is 2.28. The maximum absolute atomic E-state index is 9.31. The van der Waals surface area contributed by atoms with Gasteiger partial charge in [-0.25, -0.2) is 4.98 Å². The predicted molar refractivity (Wildman–Crippen MR) is 90.3 cm³/mol. The van der Waals surface area contributed by atoms with Crippen molar-refractivity contribution in [2.45, 2.75) is 40.2 Å². The molecular formula is C15H24N4OS. The van der Waals surface area contributed by atoms with Crippen LogP contribution in [0.25, 0.3) is 10.2 Å². The van der Waals surface area contributed by atoms with Crippen LogP contribution in [0, 0.1) is 12.3 Å². The van der Waals surface area contributed by atoms with E-state index in [9.17, 15) is 5.11 Å². The second-order valence-corrected chi connectivity index (χ2v) is 7.53. The Balaban J connectivity index is 2.43. The standard InChI is InChI=1S/C15H24N4OS/c1-9-8-10-12(17-11(6-7-20)15(2,3)4)18-14(16-5)19-13(10)21-9/h8,11,20H,6-7H2,1-5H3,(H2,16,17,18,19). The molecule has 0 amide bonds. The number of aliphatic hydroxyl groups excluding tert-OH is 1. The van der Waals surface area contributed by atoms with Gasteiger partial charge in [0.15, 0.2) is 0 Å². The molecule has 2 heterocycles. The minimum Gasteiger partial charge on any atom is -0.396 e. The van der Waals surface area contributed by atoms with Crippen molar-refractivity contribution >= 4 is 33.3 Å². The maximum Gasteiger partial charge on any atom is 0.225 e. The van der Waals surface area contributed by atoms with Crippen LogP contribution in [-0.2, 0) is 0 Å². The molecule has 0 aliphatic heterocycles. The highest BCUT2D eigenvalue weighted by molar-refractivity contribution is 7.18. The molecule has 116 valence electrons. The van der Waals surface area contributed by atoms with Crippen LogP contribution in [0.5, 0.6) is 0 Å². The molecule has 0 aromatic carbocycles. The van der Waals surface area contributed by atoms with Crippen molar-refractivity contribution in [2.24, 2.45) is 5.41 Å². The molecule has 0 aliphatic rings. The van der Waals surface area contributed by atoms with Crippen molar-refractivity contribution in [3.8, 4) is 0 Å². The Kier molecular flexibility index (Phi) is 4.68. The summed E-state index contributed by atoms with van der Waals surface area (Å²) in [5, 5.41) is 16.9. The molecule has 5 nitrogen and oxygen atoms in total. The lowest BCUT2D eigenvalue weighted by molar-refractivity contribution is 0.235. The molecule has 1 atom stereocenters. The summed E-state index contributed by atoms with van der Waals surface area (Å²) in [7, 11) is 1.82. The van der Waals surface area contributed by atoms with Crippen molar-refractivity contribution in [1.82, 2.24) is 9.97 Å². The molecule has 0 aliphatic carbocycles. The molecule has 0 spiro atoms. The third-order valence-electron chi connectivity index (χ3n) is 3.51. The SMILES string of the molecule is CNc1nc(NC(CCO)C(C)(C)C)c2cc(C)sc2n1. The normalized spacial score (nSPS) is 13.4. The molecule has 3 N–H and O–H groups in total. The van der Waals surface area contributed by atoms with E-state index in [4.69, 9.17) is 0 Å². The molecule has 1 unspecified atom stereocenters. The largest absolute Gasteiger partial charge is 0.396 e. The van der Waals surface area contributed by atoms with Gasteiger partial charge < -0.3 is 15.7 Å². The molecule has 2 aromatic rings. The van der Waals surface area contributed by atoms with Crippen LogP contribution in [0.4, 0.5) is 11.8 Å². The van der Waals surface area contributed by atoms with Gasteiger partial charge in [-0.15, -0.1) is 11.3 Å². The number of hydrogen-bond acceptors (Lipinski definition) is 6. The van der Waals surface area contributed by atoms with E-state index in [2.05, 4.69) is 54.4 Å². The van der Waals surface area contributed by atoms with Gasteiger partial charge in [-0.2, -0.15) is 4.98 Å². The molecule has 0 fully saturated rings. The van der Waals surface area contributed by atoms with Crippen molar-refractivity contribution in [3.63, 3.8) is 0 Å². The zero-order valence-electron chi connectivity index (χ0n) is 13.3. The van der Waals surface area contributed by atoms with Crippen LogP contribution in [-0.4, -0.2) is 34.8 Å². The topological polar surface area (TPSA) is 70.1 Å². The first-order valence-corrected chi connectivity index (χ1v) is 8.00. The molecule has 21 heavy (non-hydrogen) atoms. The van der Waals surface area contributed by atoms with Gasteiger partial charge in [0.2, 0.25) is 5.95 Å². The number of fused-ring (bicyclic) bond motifs is 1. The van der Waals surface area contributed by atoms with E-state index in [1.807, 2.05) is 7.05 Å². The number of nitrogens with one attached hydrogen (secondary N) is 2. The predicted octanol–water partition coefficient (Wildman–Crippen LogP) is 3.25. The minimum absolute atomic E-state index is 0.0326. The van der Waals surface area contributed by atoms with Gasteiger partial charge in [-0.3, -0.25) is 0 Å². The van der Waals surface area contributed by atoms with Crippen LogP contribution in [0.3, 0.4) is 0 Å². The Labute approximate surface area is 129 Å². The molecule has 2 rings (SSSR count). The van der Waals surface area contributed by atoms with Crippen LogP contribution in [0.2, 0.25) is 0 Å². The van der Waals surface area contributed by atoms with Crippen molar-refractivity contribution in [3.05, 3.63) is 10.9 Å². The summed E-state index contributed by atoms with van der Waals surface area (Å²) in [6.07, 6.45) is 0.688. The summed E-state index contributed by atoms with van der Waals surface area (Å²) >= 11 is 1.66. The summed E-state index contributed by atoms with van der Waals surface area (Å²) < 4.78 is 0. The van der Waals surface area contributed by atoms with E-state index in [0.29, 0.717) is 12.4 Å². The maximum atomic E-state index is 9.31. The van der Waals surface area contributed by atoms with Crippen molar-refractivity contribution in [2.75, 3.05) is 24.3 Å². The molecule has 0 saturated heterocycles. The van der Waals surface area contributed by atoms with E-state index in [1.165, 1.54) is 4.88 Å². The Bertz CT molecular complexity index is 618. The smallest absolute Gasteiger partial charge is 0.225 e. The molecule has 2 aromatic heterocycles. The van der Waals surface area contributed by atoms with Crippen molar-refractivity contribution in [1.29, 1.82) is 0 Å². The van der Waals surface area contributed by atoms with Crippen LogP contribution < -0.4 is 10.6 Å². The summed E-state index contributed by atoms with van der Waals surface area (Å²) in [5.74, 6) is 1.45. The third kappa shape index (κ3) is 3.63. The van der Waals surface area contributed by atoms with Crippen LogP contribution >= 0.6 is 11.3 Å². The zero-order chi connectivity index (χ0) is 15.6. The Morgan fingerprint density at radius 3 is 2.62 bits per heavy atom. The van der Waals surface area contributed by atoms with Gasteiger partial charge in [-0.05, 0) is 24.8 Å². The summed E-state index contributed by atoms with van der Waals surface area (Å²) in [6, 6.07) is 2.26. The number of hydrogen-bond donors (Lipinski definition) is 3. The third-order valence-corrected chi connectivity index (χ3v) is 4.46. The van der Waals surface area contributed by atoms with Crippen molar-refractivity contribution < 1.29 is 5.11 Å². The van der Waals surface area contributed by atoms with Gasteiger partial charge in [0.1, 0.15) is 10.6 Å². The van der Waals surface area contributed by atoms with Gasteiger partial charge in [0.25, 0.3) is 0 Å². The van der Waals surface area contributed by atoms with Crippen LogP contribution in [0.15, 0.2) is 6.07 Å². The average Bonchev–Trinajstić information content (AvgIpc) is 2.77. The quantitative estimate of drug-likeness (QED) is 0.791. The molecule has 0 radical (unpaired) electrons. The number of rotatable bonds is 5. The molecular weight excluding hydrogens is 284 g/mol. The number of aromatic nitrogens is 2. The first-order valence-electron chi connectivity index (χ1n) is 7.18. The average molecular weight is 308 g/mol. The van der Waals surface area contributed by atoms with E-state index < -0.39 is 0 Å². The summed E-state index contributed by atoms with van der Waals surface area (Å²) in [4.78, 5) is 11.2. The lowest BCUT2D eigenvalue weighted by Crippen LogP contribution is -2.35.